The second-order valence-corrected chi connectivity index (χ2v) is 5.21. The average molecular weight is 295 g/mol. The van der Waals surface area contributed by atoms with Gasteiger partial charge in [0, 0.05) is 19.2 Å². The van der Waals surface area contributed by atoms with Crippen LogP contribution in [0.4, 0.5) is 0 Å². The van der Waals surface area contributed by atoms with Crippen molar-refractivity contribution in [2.75, 3.05) is 34.0 Å². The number of benzene rings is 1. The molecule has 0 saturated carbocycles. The van der Waals surface area contributed by atoms with Gasteiger partial charge >= 0.3 is 0 Å². The van der Waals surface area contributed by atoms with Gasteiger partial charge in [0.1, 0.15) is 0 Å². The molecule has 0 heterocycles. The maximum absolute atomic E-state index is 5.54. The van der Waals surface area contributed by atoms with Crippen molar-refractivity contribution in [3.05, 3.63) is 23.8 Å². The zero-order chi connectivity index (χ0) is 15.5. The highest BCUT2D eigenvalue weighted by Gasteiger charge is 2.07. The number of rotatable bonds is 11. The van der Waals surface area contributed by atoms with Crippen molar-refractivity contribution in [2.45, 2.75) is 39.2 Å². The van der Waals surface area contributed by atoms with Crippen LogP contribution in [0.3, 0.4) is 0 Å². The molecule has 0 spiro atoms. The molecule has 120 valence electrons. The number of hydrogen-bond acceptors (Lipinski definition) is 4. The van der Waals surface area contributed by atoms with E-state index in [2.05, 4.69) is 25.2 Å². The van der Waals surface area contributed by atoms with Crippen LogP contribution in [-0.2, 0) is 11.2 Å². The molecule has 4 nitrogen and oxygen atoms in total. The third kappa shape index (κ3) is 6.82. The van der Waals surface area contributed by atoms with E-state index < -0.39 is 0 Å². The molecule has 0 aromatic heterocycles. The fraction of sp³-hybridized carbons (Fsp3) is 0.647. The molecule has 0 aliphatic rings. The van der Waals surface area contributed by atoms with E-state index in [-0.39, 0.29) is 0 Å². The lowest BCUT2D eigenvalue weighted by atomic mass is 10.1. The van der Waals surface area contributed by atoms with Crippen LogP contribution in [0.5, 0.6) is 11.5 Å². The summed E-state index contributed by atoms with van der Waals surface area (Å²) in [5.74, 6) is 1.55. The van der Waals surface area contributed by atoms with Crippen molar-refractivity contribution in [3.63, 3.8) is 0 Å². The standard InChI is InChI=1S/C17H29NO3/c1-5-6-10-21-11-9-18-14(2)12-15-7-8-16(19-3)17(13-15)20-4/h7-8,13-14,18H,5-6,9-12H2,1-4H3. The molecule has 1 rings (SSSR count). The first-order chi connectivity index (χ1) is 10.2. The first-order valence-electron chi connectivity index (χ1n) is 7.73. The fourth-order valence-electron chi connectivity index (χ4n) is 2.16. The largest absolute Gasteiger partial charge is 0.493 e. The predicted molar refractivity (Wildman–Crippen MR) is 86.4 cm³/mol. The summed E-state index contributed by atoms with van der Waals surface area (Å²) in [6.07, 6.45) is 3.28. The van der Waals surface area contributed by atoms with Crippen LogP contribution in [-0.4, -0.2) is 40.0 Å². The van der Waals surface area contributed by atoms with E-state index in [0.29, 0.717) is 6.04 Å². The average Bonchev–Trinajstić information content (AvgIpc) is 2.50. The van der Waals surface area contributed by atoms with Crippen LogP contribution < -0.4 is 14.8 Å². The first-order valence-corrected chi connectivity index (χ1v) is 7.73. The van der Waals surface area contributed by atoms with Crippen molar-refractivity contribution in [2.24, 2.45) is 0 Å². The molecule has 4 heteroatoms. The highest BCUT2D eigenvalue weighted by molar-refractivity contribution is 5.43. The number of ether oxygens (including phenoxy) is 3. The van der Waals surface area contributed by atoms with E-state index in [9.17, 15) is 0 Å². The lowest BCUT2D eigenvalue weighted by Crippen LogP contribution is -2.31. The van der Waals surface area contributed by atoms with Gasteiger partial charge < -0.3 is 19.5 Å². The Morgan fingerprint density at radius 2 is 1.86 bits per heavy atom. The second-order valence-electron chi connectivity index (χ2n) is 5.21. The Balaban J connectivity index is 2.32. The summed E-state index contributed by atoms with van der Waals surface area (Å²) in [4.78, 5) is 0. The van der Waals surface area contributed by atoms with E-state index in [0.717, 1.165) is 44.1 Å². The smallest absolute Gasteiger partial charge is 0.160 e. The van der Waals surface area contributed by atoms with Gasteiger partial charge in [0.05, 0.1) is 20.8 Å². The van der Waals surface area contributed by atoms with E-state index in [4.69, 9.17) is 14.2 Å². The van der Waals surface area contributed by atoms with E-state index >= 15 is 0 Å². The van der Waals surface area contributed by atoms with Gasteiger partial charge in [-0.2, -0.15) is 0 Å². The highest BCUT2D eigenvalue weighted by atomic mass is 16.5. The van der Waals surface area contributed by atoms with Crippen LogP contribution >= 0.6 is 0 Å². The zero-order valence-electron chi connectivity index (χ0n) is 13.8. The SMILES string of the molecule is CCCCOCCNC(C)Cc1ccc(OC)c(OC)c1. The molecule has 0 bridgehead atoms. The lowest BCUT2D eigenvalue weighted by Gasteiger charge is -2.15. The minimum atomic E-state index is 0.401. The summed E-state index contributed by atoms with van der Waals surface area (Å²) >= 11 is 0. The minimum Gasteiger partial charge on any atom is -0.493 e. The Labute approximate surface area is 128 Å². The number of hydrogen-bond donors (Lipinski definition) is 1. The Bertz CT molecular complexity index is 396. The molecular weight excluding hydrogens is 266 g/mol. The van der Waals surface area contributed by atoms with Gasteiger partial charge in [0.15, 0.2) is 11.5 Å². The Hall–Kier alpha value is -1.26. The third-order valence-corrected chi connectivity index (χ3v) is 3.37. The molecule has 1 aromatic rings. The topological polar surface area (TPSA) is 39.7 Å². The van der Waals surface area contributed by atoms with Crippen LogP contribution in [0.2, 0.25) is 0 Å². The first kappa shape index (κ1) is 17.8. The van der Waals surface area contributed by atoms with Gasteiger partial charge in [0.25, 0.3) is 0 Å². The van der Waals surface area contributed by atoms with Gasteiger partial charge in [0.2, 0.25) is 0 Å². The maximum atomic E-state index is 5.54. The van der Waals surface area contributed by atoms with Gasteiger partial charge in [-0.1, -0.05) is 19.4 Å². The van der Waals surface area contributed by atoms with Crippen LogP contribution in [0.25, 0.3) is 0 Å². The third-order valence-electron chi connectivity index (χ3n) is 3.37. The van der Waals surface area contributed by atoms with E-state index in [1.54, 1.807) is 14.2 Å². The highest BCUT2D eigenvalue weighted by Crippen LogP contribution is 2.27. The van der Waals surface area contributed by atoms with Crippen LogP contribution in [0, 0.1) is 0 Å². The van der Waals surface area contributed by atoms with Crippen molar-refractivity contribution in [3.8, 4) is 11.5 Å². The summed E-state index contributed by atoms with van der Waals surface area (Å²) in [6.45, 7) is 6.88. The molecule has 0 saturated heterocycles. The summed E-state index contributed by atoms with van der Waals surface area (Å²) in [7, 11) is 3.32. The molecule has 0 amide bonds. The minimum absolute atomic E-state index is 0.401. The number of unbranched alkanes of at least 4 members (excludes halogenated alkanes) is 1. The quantitative estimate of drug-likeness (QED) is 0.637. The molecule has 21 heavy (non-hydrogen) atoms. The monoisotopic (exact) mass is 295 g/mol. The van der Waals surface area contributed by atoms with E-state index in [1.165, 1.54) is 12.0 Å². The van der Waals surface area contributed by atoms with Crippen LogP contribution in [0.15, 0.2) is 18.2 Å². The summed E-state index contributed by atoms with van der Waals surface area (Å²) < 4.78 is 16.1. The second kappa shape index (κ2) is 10.5. The molecule has 0 radical (unpaired) electrons. The zero-order valence-corrected chi connectivity index (χ0v) is 13.8. The lowest BCUT2D eigenvalue weighted by molar-refractivity contribution is 0.131. The summed E-state index contributed by atoms with van der Waals surface area (Å²) in [5, 5.41) is 3.48. The molecular formula is C17H29NO3. The summed E-state index contributed by atoms with van der Waals surface area (Å²) in [6, 6.07) is 6.47. The van der Waals surface area contributed by atoms with Crippen molar-refractivity contribution in [1.29, 1.82) is 0 Å². The van der Waals surface area contributed by atoms with Gasteiger partial charge in [-0.3, -0.25) is 0 Å². The number of nitrogens with one attached hydrogen (secondary N) is 1. The molecule has 0 aliphatic heterocycles. The molecule has 1 unspecified atom stereocenters. The van der Waals surface area contributed by atoms with E-state index in [1.807, 2.05) is 12.1 Å². The maximum Gasteiger partial charge on any atom is 0.160 e. The number of methoxy groups -OCH3 is 2. The normalized spacial score (nSPS) is 12.2. The molecule has 1 atom stereocenters. The Morgan fingerprint density at radius 1 is 1.10 bits per heavy atom. The Morgan fingerprint density at radius 3 is 2.52 bits per heavy atom. The molecule has 1 N–H and O–H groups in total. The molecule has 0 aliphatic carbocycles. The van der Waals surface area contributed by atoms with Crippen molar-refractivity contribution < 1.29 is 14.2 Å². The van der Waals surface area contributed by atoms with Gasteiger partial charge in [-0.05, 0) is 37.5 Å². The Kier molecular flexibility index (Phi) is 8.87. The van der Waals surface area contributed by atoms with Crippen LogP contribution in [0.1, 0.15) is 32.3 Å². The predicted octanol–water partition coefficient (Wildman–Crippen LogP) is 3.04. The fourth-order valence-corrected chi connectivity index (χ4v) is 2.16. The van der Waals surface area contributed by atoms with Gasteiger partial charge in [-0.15, -0.1) is 0 Å². The molecule has 0 fully saturated rings. The summed E-state index contributed by atoms with van der Waals surface area (Å²) in [5.41, 5.74) is 1.24. The van der Waals surface area contributed by atoms with Gasteiger partial charge in [-0.25, -0.2) is 0 Å². The van der Waals surface area contributed by atoms with Crippen molar-refractivity contribution >= 4 is 0 Å². The molecule has 1 aromatic carbocycles. The van der Waals surface area contributed by atoms with Crippen molar-refractivity contribution in [1.82, 2.24) is 5.32 Å².